The van der Waals surface area contributed by atoms with Crippen molar-refractivity contribution in [3.05, 3.63) is 65.7 Å². The summed E-state index contributed by atoms with van der Waals surface area (Å²) in [6.45, 7) is 6.64. The molecule has 4 nitrogen and oxygen atoms in total. The minimum absolute atomic E-state index is 0.343. The second-order valence-corrected chi connectivity index (χ2v) is 7.41. The van der Waals surface area contributed by atoms with Crippen molar-refractivity contribution in [2.45, 2.75) is 58.2 Å². The number of rotatable bonds is 7. The van der Waals surface area contributed by atoms with Crippen LogP contribution in [0.15, 0.2) is 48.8 Å². The quantitative estimate of drug-likeness (QED) is 0.417. The molecule has 3 rings (SSSR count). The van der Waals surface area contributed by atoms with Crippen molar-refractivity contribution in [3.63, 3.8) is 0 Å². The molecule has 0 aliphatic carbocycles. The fourth-order valence-corrected chi connectivity index (χ4v) is 3.63. The number of hydrogen-bond acceptors (Lipinski definition) is 4. The number of anilines is 1. The minimum atomic E-state index is -4.88. The Bertz CT molecular complexity index is 1020. The zero-order valence-electron chi connectivity index (χ0n) is 18.7. The van der Waals surface area contributed by atoms with Crippen LogP contribution < -0.4 is 5.32 Å². The summed E-state index contributed by atoms with van der Waals surface area (Å²) in [7, 11) is 0. The molecule has 2 N–H and O–H groups in total. The van der Waals surface area contributed by atoms with Gasteiger partial charge in [-0.1, -0.05) is 39.8 Å². The number of para-hydroxylation sites is 1. The average Bonchev–Trinajstić information content (AvgIpc) is 2.78. The normalized spacial score (nSPS) is 14.3. The zero-order valence-corrected chi connectivity index (χ0v) is 18.7. The number of fused-ring (bicyclic) bond motifs is 1. The molecule has 0 bridgehead atoms. The van der Waals surface area contributed by atoms with E-state index in [9.17, 15) is 22.7 Å². The number of benzene rings is 2. The molecule has 0 amide bonds. The van der Waals surface area contributed by atoms with Gasteiger partial charge in [0.2, 0.25) is 0 Å². The molecule has 0 aliphatic rings. The van der Waals surface area contributed by atoms with Gasteiger partial charge in [-0.3, -0.25) is 9.97 Å². The van der Waals surface area contributed by atoms with Gasteiger partial charge in [0, 0.05) is 12.4 Å². The summed E-state index contributed by atoms with van der Waals surface area (Å²) in [6.07, 6.45) is -2.01. The van der Waals surface area contributed by atoms with Crippen LogP contribution in [0.5, 0.6) is 0 Å². The van der Waals surface area contributed by atoms with E-state index in [2.05, 4.69) is 15.3 Å². The monoisotopic (exact) mass is 451 g/mol. The first-order valence-corrected chi connectivity index (χ1v) is 10.7. The molecule has 2 aromatic carbocycles. The van der Waals surface area contributed by atoms with Crippen molar-refractivity contribution in [1.29, 1.82) is 0 Å². The third kappa shape index (κ3) is 5.73. The van der Waals surface area contributed by atoms with E-state index < -0.39 is 36.5 Å². The highest BCUT2D eigenvalue weighted by molar-refractivity contribution is 5.87. The Morgan fingerprint density at radius 1 is 1.06 bits per heavy atom. The highest BCUT2D eigenvalue weighted by Crippen LogP contribution is 2.39. The van der Waals surface area contributed by atoms with Crippen LogP contribution in [-0.2, 0) is 6.42 Å². The third-order valence-electron chi connectivity index (χ3n) is 5.26. The molecule has 0 radical (unpaired) electrons. The zero-order chi connectivity index (χ0) is 23.9. The summed E-state index contributed by atoms with van der Waals surface area (Å²) in [5.74, 6) is -1.23. The largest absolute Gasteiger partial charge is 0.418 e. The van der Waals surface area contributed by atoms with E-state index in [1.165, 1.54) is 24.5 Å². The number of aromatic nitrogens is 2. The average molecular weight is 452 g/mol. The van der Waals surface area contributed by atoms with Gasteiger partial charge in [0.25, 0.3) is 0 Å². The Morgan fingerprint density at radius 3 is 2.41 bits per heavy atom. The van der Waals surface area contributed by atoms with Crippen LogP contribution in [0.4, 0.5) is 23.2 Å². The Hall–Kier alpha value is -2.74. The molecule has 8 heteroatoms. The fraction of sp³-hybridized carbons (Fsp3) is 0.417. The maximum absolute atomic E-state index is 13.9. The number of alkyl halides is 3. The molecule has 3 aromatic rings. The fourth-order valence-electron chi connectivity index (χ4n) is 3.63. The van der Waals surface area contributed by atoms with Crippen molar-refractivity contribution in [2.24, 2.45) is 0 Å². The number of hydrogen-bond donors (Lipinski definition) is 2. The van der Waals surface area contributed by atoms with Crippen molar-refractivity contribution < 1.29 is 22.7 Å². The summed E-state index contributed by atoms with van der Waals surface area (Å²) >= 11 is 0. The topological polar surface area (TPSA) is 58.0 Å². The maximum atomic E-state index is 13.9. The first kappa shape index (κ1) is 25.5. The maximum Gasteiger partial charge on any atom is 0.418 e. The lowest BCUT2D eigenvalue weighted by molar-refractivity contribution is -0.257. The highest BCUT2D eigenvalue weighted by Gasteiger charge is 2.54. The van der Waals surface area contributed by atoms with Gasteiger partial charge in [0.15, 0.2) is 5.60 Å². The van der Waals surface area contributed by atoms with Crippen LogP contribution >= 0.6 is 0 Å². The summed E-state index contributed by atoms with van der Waals surface area (Å²) in [5, 5.41) is 13.3. The van der Waals surface area contributed by atoms with Crippen LogP contribution in [0.3, 0.4) is 0 Å². The second kappa shape index (κ2) is 10.7. The second-order valence-electron chi connectivity index (χ2n) is 7.41. The lowest BCUT2D eigenvalue weighted by atomic mass is 9.84. The van der Waals surface area contributed by atoms with Crippen LogP contribution in [0.25, 0.3) is 11.0 Å². The van der Waals surface area contributed by atoms with Gasteiger partial charge >= 0.3 is 6.18 Å². The molecule has 174 valence electrons. The number of aliphatic hydroxyl groups is 1. The predicted molar refractivity (Wildman–Crippen MR) is 119 cm³/mol. The molecule has 0 aliphatic heterocycles. The first-order chi connectivity index (χ1) is 15.1. The molecule has 1 heterocycles. The summed E-state index contributed by atoms with van der Waals surface area (Å²) in [4.78, 5) is 8.28. The Morgan fingerprint density at radius 2 is 1.75 bits per heavy atom. The Balaban J connectivity index is 0.00000176. The number of nitrogens with one attached hydrogen (secondary N) is 1. The van der Waals surface area contributed by atoms with Gasteiger partial charge < -0.3 is 10.4 Å². The van der Waals surface area contributed by atoms with Crippen molar-refractivity contribution in [1.82, 2.24) is 9.97 Å². The van der Waals surface area contributed by atoms with E-state index in [0.717, 1.165) is 5.56 Å². The molecule has 32 heavy (non-hydrogen) atoms. The molecule has 0 saturated heterocycles. The summed E-state index contributed by atoms with van der Waals surface area (Å²) in [6, 6.07) is 9.03. The minimum Gasteiger partial charge on any atom is -0.380 e. The van der Waals surface area contributed by atoms with Gasteiger partial charge in [-0.15, -0.1) is 0 Å². The Kier molecular flexibility index (Phi) is 8.55. The summed E-state index contributed by atoms with van der Waals surface area (Å²) in [5.41, 5.74) is -0.513. The number of halogens is 4. The SMILES string of the molecule is CC.CCc1ccc(F)cc1C(C)CC(O)(CNc1cccc2nccnc12)C(F)(F)F. The molecule has 1 aromatic heterocycles. The van der Waals surface area contributed by atoms with Crippen molar-refractivity contribution >= 4 is 16.7 Å². The molecule has 2 unspecified atom stereocenters. The lowest BCUT2D eigenvalue weighted by Gasteiger charge is -2.34. The van der Waals surface area contributed by atoms with Crippen LogP contribution in [0.2, 0.25) is 0 Å². The van der Waals surface area contributed by atoms with Gasteiger partial charge in [-0.25, -0.2) is 4.39 Å². The van der Waals surface area contributed by atoms with E-state index in [1.54, 1.807) is 31.2 Å². The molecule has 2 atom stereocenters. The number of nitrogens with zero attached hydrogens (tertiary/aromatic N) is 2. The van der Waals surface area contributed by atoms with Gasteiger partial charge in [-0.2, -0.15) is 13.2 Å². The van der Waals surface area contributed by atoms with E-state index >= 15 is 0 Å². The van der Waals surface area contributed by atoms with E-state index in [1.807, 2.05) is 20.8 Å². The number of aryl methyl sites for hydroxylation is 1. The lowest BCUT2D eigenvalue weighted by Crippen LogP contribution is -2.51. The van der Waals surface area contributed by atoms with Crippen molar-refractivity contribution in [2.75, 3.05) is 11.9 Å². The van der Waals surface area contributed by atoms with E-state index in [-0.39, 0.29) is 0 Å². The molecule has 0 spiro atoms. The molecular weight excluding hydrogens is 422 g/mol. The van der Waals surface area contributed by atoms with Crippen LogP contribution in [0.1, 0.15) is 51.2 Å². The standard InChI is InChI=1S/C22H23F4N3O.C2H6/c1-3-15-7-8-16(23)11-17(15)14(2)12-21(30,22(24,25)26)13-29-19-6-4-5-18-20(19)28-10-9-27-18;1-2/h4-11,14,29-30H,3,12-13H2,1-2H3;1-2H3. The Labute approximate surface area is 185 Å². The molecule has 0 saturated carbocycles. The molecule has 0 fully saturated rings. The highest BCUT2D eigenvalue weighted by atomic mass is 19.4. The van der Waals surface area contributed by atoms with E-state index in [4.69, 9.17) is 0 Å². The van der Waals surface area contributed by atoms with E-state index in [0.29, 0.717) is 28.7 Å². The van der Waals surface area contributed by atoms with Gasteiger partial charge in [0.1, 0.15) is 11.3 Å². The molecular formula is C24H29F4N3O. The van der Waals surface area contributed by atoms with Crippen molar-refractivity contribution in [3.8, 4) is 0 Å². The summed E-state index contributed by atoms with van der Waals surface area (Å²) < 4.78 is 55.3. The van der Waals surface area contributed by atoms with Gasteiger partial charge in [0.05, 0.1) is 17.7 Å². The van der Waals surface area contributed by atoms with Crippen LogP contribution in [0, 0.1) is 5.82 Å². The smallest absolute Gasteiger partial charge is 0.380 e. The van der Waals surface area contributed by atoms with Crippen LogP contribution in [-0.4, -0.2) is 33.4 Å². The first-order valence-electron chi connectivity index (χ1n) is 10.7. The third-order valence-corrected chi connectivity index (χ3v) is 5.26. The predicted octanol–water partition coefficient (Wildman–Crippen LogP) is 6.26. The van der Waals surface area contributed by atoms with Gasteiger partial charge in [-0.05, 0) is 54.2 Å².